The maximum Gasteiger partial charge on any atom is 0.320 e. The SMILES string of the molecule is Cc1c(COc2cc(OCc3cncc(C#N)c3)c(CN3CCCC[C@H]3C(=O)O)cc2Cl)cccc1-c1ccc2oc(N3C[C@@H]4C[C@H]3CN4C)nc2c1. The number of aromatic nitrogens is 2. The van der Waals surface area contributed by atoms with Crippen molar-refractivity contribution in [1.29, 1.82) is 5.26 Å². The molecule has 3 atom stereocenters. The van der Waals surface area contributed by atoms with Crippen molar-refractivity contribution in [2.45, 2.75) is 70.5 Å². The standard InChI is InChI=1S/C41H41ClN6O5/c1-25-29(6-5-7-33(25)28-9-10-37-35(14-28)45-41(53-37)48-22-31-15-32(48)21-46(31)2)24-52-39-16-38(51-23-27-12-26(17-43)18-44-19-27)30(13-34(39)42)20-47-11-4-3-8-36(47)40(49)50/h5-7,9-10,12-14,16,18-19,31-32,36H,3-4,8,11,15,20-24H2,1-2H3,(H,49,50)/t31-,32-,36-/m0/s1. The number of oxazole rings is 1. The van der Waals surface area contributed by atoms with E-state index in [-0.39, 0.29) is 13.2 Å². The summed E-state index contributed by atoms with van der Waals surface area (Å²) in [6.07, 6.45) is 6.70. The third kappa shape index (κ3) is 7.14. The molecule has 0 amide bonds. The lowest BCUT2D eigenvalue weighted by Crippen LogP contribution is -2.44. The molecule has 2 bridgehead atoms. The summed E-state index contributed by atoms with van der Waals surface area (Å²) >= 11 is 6.86. The summed E-state index contributed by atoms with van der Waals surface area (Å²) in [5.41, 5.74) is 7.75. The number of halogens is 1. The van der Waals surface area contributed by atoms with Crippen molar-refractivity contribution < 1.29 is 23.8 Å². The zero-order valence-electron chi connectivity index (χ0n) is 29.8. The minimum Gasteiger partial charge on any atom is -0.488 e. The number of likely N-dealkylation sites (tertiary alicyclic amines) is 2. The van der Waals surface area contributed by atoms with Gasteiger partial charge < -0.3 is 23.9 Å². The number of carboxylic acid groups (broad SMARTS) is 1. The van der Waals surface area contributed by atoms with Gasteiger partial charge in [0.1, 0.15) is 42.3 Å². The largest absolute Gasteiger partial charge is 0.488 e. The van der Waals surface area contributed by atoms with Gasteiger partial charge in [0.15, 0.2) is 5.58 Å². The van der Waals surface area contributed by atoms with Gasteiger partial charge in [-0.05, 0) is 86.3 Å². The van der Waals surface area contributed by atoms with Crippen LogP contribution in [-0.2, 0) is 24.6 Å². The molecule has 0 unspecified atom stereocenters. The average Bonchev–Trinajstić information content (AvgIpc) is 3.88. The van der Waals surface area contributed by atoms with Crippen LogP contribution in [0.3, 0.4) is 0 Å². The minimum absolute atomic E-state index is 0.161. The molecule has 8 rings (SSSR count). The lowest BCUT2D eigenvalue weighted by atomic mass is 9.96. The maximum absolute atomic E-state index is 12.1. The van der Waals surface area contributed by atoms with E-state index >= 15 is 0 Å². The molecule has 3 aliphatic heterocycles. The Hall–Kier alpha value is -5.15. The zero-order valence-corrected chi connectivity index (χ0v) is 30.6. The van der Waals surface area contributed by atoms with Crippen LogP contribution in [0.15, 0.2) is 71.4 Å². The smallest absolute Gasteiger partial charge is 0.320 e. The normalized spacial score (nSPS) is 20.2. The lowest BCUT2D eigenvalue weighted by Gasteiger charge is -2.33. The number of ether oxygens (including phenoxy) is 2. The summed E-state index contributed by atoms with van der Waals surface area (Å²) in [4.78, 5) is 27.8. The van der Waals surface area contributed by atoms with Crippen molar-refractivity contribution in [2.75, 3.05) is 31.6 Å². The Morgan fingerprint density at radius 2 is 1.91 bits per heavy atom. The number of fused-ring (bicyclic) bond motifs is 3. The molecule has 3 fully saturated rings. The third-order valence-electron chi connectivity index (χ3n) is 11.0. The first-order chi connectivity index (χ1) is 25.7. The molecule has 3 saturated heterocycles. The average molecular weight is 733 g/mol. The van der Waals surface area contributed by atoms with E-state index in [2.05, 4.69) is 53.0 Å². The van der Waals surface area contributed by atoms with Crippen LogP contribution in [0.1, 0.15) is 53.5 Å². The van der Waals surface area contributed by atoms with E-state index in [0.717, 1.165) is 76.8 Å². The topological polar surface area (TPSA) is 128 Å². The first-order valence-corrected chi connectivity index (χ1v) is 18.5. The van der Waals surface area contributed by atoms with Gasteiger partial charge in [0, 0.05) is 61.3 Å². The van der Waals surface area contributed by atoms with E-state index < -0.39 is 12.0 Å². The summed E-state index contributed by atoms with van der Waals surface area (Å²) in [6.45, 7) is 5.52. The number of carboxylic acids is 1. The van der Waals surface area contributed by atoms with Crippen molar-refractivity contribution >= 4 is 34.7 Å². The predicted molar refractivity (Wildman–Crippen MR) is 201 cm³/mol. The van der Waals surface area contributed by atoms with Gasteiger partial charge in [-0.15, -0.1) is 0 Å². The number of likely N-dealkylation sites (N-methyl/N-ethyl adjacent to an activating group) is 1. The summed E-state index contributed by atoms with van der Waals surface area (Å²) in [5.74, 6) is 0.148. The second-order valence-electron chi connectivity index (χ2n) is 14.4. The molecular formula is C41H41ClN6O5. The predicted octanol–water partition coefficient (Wildman–Crippen LogP) is 7.21. The molecule has 11 nitrogen and oxygen atoms in total. The van der Waals surface area contributed by atoms with Gasteiger partial charge in [-0.1, -0.05) is 42.3 Å². The highest BCUT2D eigenvalue weighted by Crippen LogP contribution is 2.38. The highest BCUT2D eigenvalue weighted by molar-refractivity contribution is 6.32. The van der Waals surface area contributed by atoms with Gasteiger partial charge in [-0.2, -0.15) is 10.2 Å². The fourth-order valence-corrected chi connectivity index (χ4v) is 8.27. The molecule has 3 aromatic carbocycles. The molecular weight excluding hydrogens is 692 g/mol. The first-order valence-electron chi connectivity index (χ1n) is 18.1. The number of carbonyl (C=O) groups is 1. The van der Waals surface area contributed by atoms with E-state index in [1.165, 1.54) is 6.20 Å². The van der Waals surface area contributed by atoms with Crippen molar-refractivity contribution in [3.8, 4) is 28.7 Å². The van der Waals surface area contributed by atoms with Gasteiger partial charge in [0.2, 0.25) is 0 Å². The van der Waals surface area contributed by atoms with Gasteiger partial charge in [0.25, 0.3) is 6.01 Å². The summed E-state index contributed by atoms with van der Waals surface area (Å²) < 4.78 is 18.9. The third-order valence-corrected chi connectivity index (χ3v) is 11.3. The number of nitriles is 1. The number of rotatable bonds is 11. The molecule has 2 aromatic heterocycles. The Morgan fingerprint density at radius 1 is 1.04 bits per heavy atom. The monoisotopic (exact) mass is 732 g/mol. The minimum atomic E-state index is -0.831. The summed E-state index contributed by atoms with van der Waals surface area (Å²) in [7, 11) is 2.19. The van der Waals surface area contributed by atoms with Crippen LogP contribution >= 0.6 is 11.6 Å². The molecule has 5 heterocycles. The van der Waals surface area contributed by atoms with Gasteiger partial charge in [-0.3, -0.25) is 19.6 Å². The number of nitrogens with zero attached hydrogens (tertiary/aromatic N) is 6. The molecule has 5 aromatic rings. The molecule has 3 aliphatic rings. The summed E-state index contributed by atoms with van der Waals surface area (Å²) in [6, 6.07) is 20.9. The van der Waals surface area contributed by atoms with Gasteiger partial charge in [-0.25, -0.2) is 0 Å². The molecule has 0 saturated carbocycles. The Kier molecular flexibility index (Phi) is 9.68. The molecule has 0 radical (unpaired) electrons. The zero-order chi connectivity index (χ0) is 36.6. The molecule has 0 spiro atoms. The van der Waals surface area contributed by atoms with E-state index in [1.807, 2.05) is 23.1 Å². The second kappa shape index (κ2) is 14.7. The Morgan fingerprint density at radius 3 is 2.70 bits per heavy atom. The first kappa shape index (κ1) is 34.9. The number of hydrogen-bond acceptors (Lipinski definition) is 10. The highest BCUT2D eigenvalue weighted by atomic mass is 35.5. The molecule has 1 N–H and O–H groups in total. The van der Waals surface area contributed by atoms with Gasteiger partial charge >= 0.3 is 5.97 Å². The van der Waals surface area contributed by atoms with Gasteiger partial charge in [0.05, 0.1) is 10.6 Å². The van der Waals surface area contributed by atoms with Crippen LogP contribution in [0, 0.1) is 18.3 Å². The second-order valence-corrected chi connectivity index (χ2v) is 14.8. The number of aliphatic carboxylic acids is 1. The number of hydrogen-bond donors (Lipinski definition) is 1. The van der Waals surface area contributed by atoms with Crippen LogP contribution in [0.25, 0.3) is 22.2 Å². The van der Waals surface area contributed by atoms with Crippen molar-refractivity contribution in [3.63, 3.8) is 0 Å². The van der Waals surface area contributed by atoms with Crippen molar-refractivity contribution in [1.82, 2.24) is 19.8 Å². The quantitative estimate of drug-likeness (QED) is 0.148. The Bertz CT molecular complexity index is 2220. The van der Waals surface area contributed by atoms with Crippen LogP contribution in [0.4, 0.5) is 6.01 Å². The molecule has 53 heavy (non-hydrogen) atoms. The van der Waals surface area contributed by atoms with E-state index in [9.17, 15) is 15.2 Å². The van der Waals surface area contributed by atoms with E-state index in [0.29, 0.717) is 59.7 Å². The van der Waals surface area contributed by atoms with Crippen molar-refractivity contribution in [3.05, 3.63) is 99.8 Å². The van der Waals surface area contributed by atoms with Crippen LogP contribution in [0.2, 0.25) is 5.02 Å². The number of benzene rings is 3. The number of piperazine rings is 1. The Labute approximate surface area is 313 Å². The summed E-state index contributed by atoms with van der Waals surface area (Å²) in [5, 5.41) is 19.7. The lowest BCUT2D eigenvalue weighted by molar-refractivity contribution is -0.144. The van der Waals surface area contributed by atoms with E-state index in [4.69, 9.17) is 30.5 Å². The van der Waals surface area contributed by atoms with E-state index in [1.54, 1.807) is 24.4 Å². The van der Waals surface area contributed by atoms with Crippen LogP contribution in [0.5, 0.6) is 11.5 Å². The van der Waals surface area contributed by atoms with Crippen molar-refractivity contribution in [2.24, 2.45) is 0 Å². The van der Waals surface area contributed by atoms with Crippen LogP contribution < -0.4 is 14.4 Å². The highest BCUT2D eigenvalue weighted by Gasteiger charge is 2.43. The molecule has 12 heteroatoms. The molecule has 0 aliphatic carbocycles. The Balaban J connectivity index is 1.02. The molecule has 272 valence electrons. The number of pyridine rings is 1. The fraction of sp³-hybridized carbons (Fsp3) is 0.366. The maximum atomic E-state index is 12.1. The number of anilines is 1. The number of piperidine rings is 1. The fourth-order valence-electron chi connectivity index (χ4n) is 8.03. The van der Waals surface area contributed by atoms with Crippen LogP contribution in [-0.4, -0.2) is 75.7 Å².